The Labute approximate surface area is 195 Å². The quantitative estimate of drug-likeness (QED) is 0.174. The summed E-state index contributed by atoms with van der Waals surface area (Å²) in [6, 6.07) is 2.08. The molecule has 0 aromatic rings. The summed E-state index contributed by atoms with van der Waals surface area (Å²) in [5.41, 5.74) is 0. The second-order valence-electron chi connectivity index (χ2n) is 8.12. The lowest BCUT2D eigenvalue weighted by molar-refractivity contribution is 0.260. The van der Waals surface area contributed by atoms with Crippen molar-refractivity contribution >= 4 is 0 Å². The fraction of sp³-hybridized carbons (Fsp3) is 0.960. The van der Waals surface area contributed by atoms with Gasteiger partial charge < -0.3 is 27.0 Å². The molecule has 0 aliphatic carbocycles. The van der Waals surface area contributed by atoms with E-state index in [4.69, 9.17) is 5.26 Å². The van der Waals surface area contributed by atoms with Crippen LogP contribution in [-0.4, -0.2) is 63.8 Å². The first-order valence-electron chi connectivity index (χ1n) is 13.0. The van der Waals surface area contributed by atoms with E-state index >= 15 is 0 Å². The second-order valence-corrected chi connectivity index (χ2v) is 8.12. The largest absolute Gasteiger partial charge is 0.344 e. The van der Waals surface area contributed by atoms with Crippen molar-refractivity contribution in [3.8, 4) is 6.07 Å². The highest BCUT2D eigenvalue weighted by Gasteiger charge is 2.03. The van der Waals surface area contributed by atoms with Gasteiger partial charge in [0.1, 0.15) is 0 Å². The molecule has 0 aliphatic heterocycles. The topological polar surface area (TPSA) is 98.1 Å². The maximum Gasteiger partial charge on any atom is 0.0635 e. The molecule has 6 N–H and O–H groups in total. The molecule has 0 atom stereocenters. The summed E-state index contributed by atoms with van der Waals surface area (Å²) in [5.74, 6) is 0. The van der Waals surface area contributed by atoms with Crippen molar-refractivity contribution in [1.29, 1.82) is 5.26 Å². The summed E-state index contributed by atoms with van der Waals surface area (Å²) in [6.07, 6.45) is 13.5. The maximum atomic E-state index is 8.13. The molecule has 6 nitrogen and oxygen atoms in total. The summed E-state index contributed by atoms with van der Waals surface area (Å²) in [5, 5.41) is 18.4. The molecule has 0 saturated heterocycles. The Bertz CT molecular complexity index is 316. The van der Waals surface area contributed by atoms with Crippen LogP contribution in [0.3, 0.4) is 0 Å². The molecule has 188 valence electrons. The van der Waals surface area contributed by atoms with Gasteiger partial charge in [-0.3, -0.25) is 0 Å². The fourth-order valence-corrected chi connectivity index (χ4v) is 3.00. The average molecular weight is 443 g/mol. The summed E-state index contributed by atoms with van der Waals surface area (Å²) < 4.78 is 0. The highest BCUT2D eigenvalue weighted by atomic mass is 15.1. The van der Waals surface area contributed by atoms with Crippen LogP contribution in [0.5, 0.6) is 0 Å². The molecule has 0 rings (SSSR count). The lowest BCUT2D eigenvalue weighted by Gasteiger charge is -2.22. The third kappa shape index (κ3) is 34.1. The van der Waals surface area contributed by atoms with Gasteiger partial charge >= 0.3 is 0 Å². The van der Waals surface area contributed by atoms with Gasteiger partial charge in [-0.15, -0.1) is 0 Å². The standard InChI is InChI=1S/C18H41N3.C7H14N2.H3N/c1-4-7-12-19-14-10-17-21(16-9-6-3)18-11-15-20-13-8-5-2;1-2-3-6-9-7-4-5-8;/h19-20H,4-18H2,1-3H3;9H,2-4,6-7H2,1H3;1H3. The number of unbranched alkanes of at least 4 members (excludes halogenated alkanes) is 4. The predicted octanol–water partition coefficient (Wildman–Crippen LogP) is 5.10. The van der Waals surface area contributed by atoms with Gasteiger partial charge in [-0.05, 0) is 90.9 Å². The van der Waals surface area contributed by atoms with Crippen molar-refractivity contribution in [3.63, 3.8) is 0 Å². The van der Waals surface area contributed by atoms with E-state index in [2.05, 4.69) is 54.6 Å². The Kier molecular flexibility index (Phi) is 38.2. The maximum absolute atomic E-state index is 8.13. The van der Waals surface area contributed by atoms with E-state index in [0.29, 0.717) is 6.42 Å². The molecule has 0 heterocycles. The minimum atomic E-state index is 0. The zero-order chi connectivity index (χ0) is 22.5. The Morgan fingerprint density at radius 3 is 1.29 bits per heavy atom. The van der Waals surface area contributed by atoms with Gasteiger partial charge in [-0.1, -0.05) is 53.4 Å². The summed E-state index contributed by atoms with van der Waals surface area (Å²) in [7, 11) is 0. The smallest absolute Gasteiger partial charge is 0.0635 e. The van der Waals surface area contributed by atoms with E-state index in [1.165, 1.54) is 110 Å². The van der Waals surface area contributed by atoms with Crippen LogP contribution >= 0.6 is 0 Å². The molecular formula is C25H58N6. The number of nitriles is 1. The predicted molar refractivity (Wildman–Crippen MR) is 139 cm³/mol. The zero-order valence-corrected chi connectivity index (χ0v) is 21.7. The van der Waals surface area contributed by atoms with Gasteiger partial charge in [0.25, 0.3) is 0 Å². The Morgan fingerprint density at radius 1 is 0.548 bits per heavy atom. The average Bonchev–Trinajstić information content (AvgIpc) is 2.76. The van der Waals surface area contributed by atoms with E-state index in [0.717, 1.165) is 13.1 Å². The highest BCUT2D eigenvalue weighted by Crippen LogP contribution is 1.98. The van der Waals surface area contributed by atoms with Gasteiger partial charge in [-0.2, -0.15) is 5.26 Å². The van der Waals surface area contributed by atoms with Crippen LogP contribution in [-0.2, 0) is 0 Å². The van der Waals surface area contributed by atoms with Crippen LogP contribution in [0, 0.1) is 11.3 Å². The van der Waals surface area contributed by atoms with Crippen molar-refractivity contribution < 1.29 is 0 Å². The normalized spacial score (nSPS) is 10.3. The monoisotopic (exact) mass is 442 g/mol. The van der Waals surface area contributed by atoms with Gasteiger partial charge in [0.15, 0.2) is 0 Å². The van der Waals surface area contributed by atoms with Crippen LogP contribution < -0.4 is 22.1 Å². The molecule has 0 unspecified atom stereocenters. The first kappa shape index (κ1) is 34.9. The lowest BCUT2D eigenvalue weighted by Crippen LogP contribution is -2.31. The van der Waals surface area contributed by atoms with Crippen molar-refractivity contribution in [2.24, 2.45) is 0 Å². The number of hydrogen-bond acceptors (Lipinski definition) is 6. The molecule has 0 radical (unpaired) electrons. The van der Waals surface area contributed by atoms with Gasteiger partial charge in [0.05, 0.1) is 6.07 Å². The highest BCUT2D eigenvalue weighted by molar-refractivity contribution is 4.69. The molecule has 6 heteroatoms. The van der Waals surface area contributed by atoms with Crippen molar-refractivity contribution in [3.05, 3.63) is 0 Å². The molecule has 0 saturated carbocycles. The molecule has 0 aliphatic rings. The summed E-state index contributed by atoms with van der Waals surface area (Å²) in [4.78, 5) is 2.66. The van der Waals surface area contributed by atoms with Crippen molar-refractivity contribution in [1.82, 2.24) is 27.0 Å². The Balaban J connectivity index is -0.000000662. The minimum Gasteiger partial charge on any atom is -0.344 e. The Hall–Kier alpha value is -0.710. The first-order valence-corrected chi connectivity index (χ1v) is 13.0. The molecule has 0 bridgehead atoms. The number of nitrogens with zero attached hydrogens (tertiary/aromatic N) is 2. The number of hydrogen-bond donors (Lipinski definition) is 4. The molecule has 31 heavy (non-hydrogen) atoms. The number of nitrogens with one attached hydrogen (secondary N) is 3. The van der Waals surface area contributed by atoms with Gasteiger partial charge in [-0.25, -0.2) is 0 Å². The summed E-state index contributed by atoms with van der Waals surface area (Å²) in [6.45, 7) is 19.4. The molecule has 0 aromatic carbocycles. The molecule has 0 amide bonds. The van der Waals surface area contributed by atoms with Crippen LogP contribution in [0.25, 0.3) is 0 Å². The third-order valence-corrected chi connectivity index (χ3v) is 5.02. The third-order valence-electron chi connectivity index (χ3n) is 5.02. The second kappa shape index (κ2) is 33.9. The van der Waals surface area contributed by atoms with Crippen LogP contribution in [0.1, 0.15) is 98.3 Å². The van der Waals surface area contributed by atoms with E-state index in [1.807, 2.05) is 0 Å². The molecule has 0 fully saturated rings. The van der Waals surface area contributed by atoms with Gasteiger partial charge in [0, 0.05) is 13.0 Å². The van der Waals surface area contributed by atoms with Crippen LogP contribution in [0.4, 0.5) is 0 Å². The lowest BCUT2D eigenvalue weighted by atomic mass is 10.2. The Morgan fingerprint density at radius 2 is 0.903 bits per heavy atom. The molecule has 0 aromatic heterocycles. The van der Waals surface area contributed by atoms with E-state index in [9.17, 15) is 0 Å². The fourth-order valence-electron chi connectivity index (χ4n) is 3.00. The van der Waals surface area contributed by atoms with Crippen LogP contribution in [0.2, 0.25) is 0 Å². The van der Waals surface area contributed by atoms with E-state index in [-0.39, 0.29) is 6.15 Å². The van der Waals surface area contributed by atoms with Crippen LogP contribution in [0.15, 0.2) is 0 Å². The van der Waals surface area contributed by atoms with Crippen molar-refractivity contribution in [2.75, 3.05) is 58.9 Å². The number of rotatable bonds is 22. The van der Waals surface area contributed by atoms with Crippen molar-refractivity contribution in [2.45, 2.75) is 98.3 Å². The molecular weight excluding hydrogens is 384 g/mol. The van der Waals surface area contributed by atoms with E-state index < -0.39 is 0 Å². The first-order chi connectivity index (χ1) is 14.8. The van der Waals surface area contributed by atoms with Gasteiger partial charge in [0.2, 0.25) is 0 Å². The van der Waals surface area contributed by atoms with E-state index in [1.54, 1.807) is 0 Å². The molecule has 0 spiro atoms. The SMILES string of the molecule is CCCCNCCC#N.CCCCNCCCN(CCCC)CCCNCCCC.N. The zero-order valence-electron chi connectivity index (χ0n) is 21.7. The summed E-state index contributed by atoms with van der Waals surface area (Å²) >= 11 is 0. The minimum absolute atomic E-state index is 0.